The van der Waals surface area contributed by atoms with Crippen molar-refractivity contribution in [2.75, 3.05) is 0 Å². The van der Waals surface area contributed by atoms with Crippen LogP contribution in [0.3, 0.4) is 0 Å². The van der Waals surface area contributed by atoms with Gasteiger partial charge in [0.25, 0.3) is 5.91 Å². The van der Waals surface area contributed by atoms with E-state index in [4.69, 9.17) is 11.6 Å². The van der Waals surface area contributed by atoms with Crippen LogP contribution in [0.2, 0.25) is 5.02 Å². The zero-order valence-electron chi connectivity index (χ0n) is 16.7. The number of aryl methyl sites for hydroxylation is 1. The molecule has 2 heterocycles. The molecule has 0 bridgehead atoms. The molecule has 1 N–H and O–H groups in total. The quantitative estimate of drug-likeness (QED) is 0.502. The predicted octanol–water partition coefficient (Wildman–Crippen LogP) is 6.09. The molecule has 1 aliphatic rings. The summed E-state index contributed by atoms with van der Waals surface area (Å²) in [5.41, 5.74) is 5.10. The van der Waals surface area contributed by atoms with Crippen molar-refractivity contribution in [3.63, 3.8) is 0 Å². The van der Waals surface area contributed by atoms with Crippen molar-refractivity contribution in [3.8, 4) is 5.69 Å². The summed E-state index contributed by atoms with van der Waals surface area (Å²) in [7, 11) is 0. The minimum atomic E-state index is -0.289. The molecule has 1 aromatic heterocycles. The van der Waals surface area contributed by atoms with E-state index < -0.39 is 0 Å². The second-order valence-corrected chi connectivity index (χ2v) is 8.45. The molecule has 4 nitrogen and oxygen atoms in total. The first-order valence-electron chi connectivity index (χ1n) is 9.33. The van der Waals surface area contributed by atoms with Gasteiger partial charge in [0.2, 0.25) is 0 Å². The standard InChI is InChI=1S/C23H19ClFN3OS/c1-13-10-16(15(3)28(13)18-7-4-6-17(25)12-18)11-21-22(29)27-23(30-21)26-20-9-5-8-19(24)14(20)2/h4-12H,1-3H3,(H,26,27,29)/b21-11+. The highest BCUT2D eigenvalue weighted by molar-refractivity contribution is 8.18. The molecular formula is C23H19ClFN3OS. The van der Waals surface area contributed by atoms with Gasteiger partial charge in [-0.15, -0.1) is 0 Å². The number of amidine groups is 1. The number of carbonyl (C=O) groups excluding carboxylic acids is 1. The Morgan fingerprint density at radius 1 is 1.13 bits per heavy atom. The summed E-state index contributed by atoms with van der Waals surface area (Å²) in [5, 5.41) is 3.95. The van der Waals surface area contributed by atoms with Gasteiger partial charge in [-0.05, 0) is 86.1 Å². The highest BCUT2D eigenvalue weighted by Crippen LogP contribution is 2.32. The van der Waals surface area contributed by atoms with Crippen LogP contribution >= 0.6 is 23.4 Å². The maximum absolute atomic E-state index is 13.7. The number of hydrogen-bond acceptors (Lipinski definition) is 3. The molecule has 7 heteroatoms. The average molecular weight is 440 g/mol. The van der Waals surface area contributed by atoms with Crippen LogP contribution in [0, 0.1) is 26.6 Å². The molecule has 3 aromatic rings. The Bertz CT molecular complexity index is 1230. The van der Waals surface area contributed by atoms with Gasteiger partial charge in [-0.2, -0.15) is 0 Å². The van der Waals surface area contributed by atoms with E-state index in [1.807, 2.05) is 55.7 Å². The Hall–Kier alpha value is -2.83. The number of hydrogen-bond donors (Lipinski definition) is 1. The zero-order valence-corrected chi connectivity index (χ0v) is 18.2. The number of amides is 1. The second kappa shape index (κ2) is 8.13. The number of rotatable bonds is 3. The first-order valence-corrected chi connectivity index (χ1v) is 10.5. The molecule has 1 fully saturated rings. The minimum absolute atomic E-state index is 0.200. The Labute approximate surface area is 183 Å². The summed E-state index contributed by atoms with van der Waals surface area (Å²) in [6, 6.07) is 13.9. The van der Waals surface area contributed by atoms with Crippen LogP contribution in [0.5, 0.6) is 0 Å². The van der Waals surface area contributed by atoms with E-state index in [1.165, 1.54) is 23.9 Å². The van der Waals surface area contributed by atoms with Gasteiger partial charge in [0, 0.05) is 22.1 Å². The third-order valence-corrected chi connectivity index (χ3v) is 6.25. The molecule has 1 saturated heterocycles. The predicted molar refractivity (Wildman–Crippen MR) is 122 cm³/mol. The maximum atomic E-state index is 13.7. The summed E-state index contributed by atoms with van der Waals surface area (Å²) >= 11 is 7.44. The van der Waals surface area contributed by atoms with Gasteiger partial charge in [0.05, 0.1) is 10.6 Å². The average Bonchev–Trinajstić information content (AvgIpc) is 3.17. The van der Waals surface area contributed by atoms with Crippen molar-refractivity contribution >= 4 is 46.2 Å². The zero-order chi connectivity index (χ0) is 21.4. The molecule has 2 aromatic carbocycles. The number of benzene rings is 2. The fraction of sp³-hybridized carbons (Fsp3) is 0.130. The van der Waals surface area contributed by atoms with E-state index in [0.29, 0.717) is 15.1 Å². The summed E-state index contributed by atoms with van der Waals surface area (Å²) in [6.45, 7) is 5.80. The lowest BCUT2D eigenvalue weighted by molar-refractivity contribution is -0.115. The Morgan fingerprint density at radius 3 is 2.67 bits per heavy atom. The van der Waals surface area contributed by atoms with Crippen molar-refractivity contribution in [2.24, 2.45) is 4.99 Å². The number of halogens is 2. The third-order valence-electron chi connectivity index (χ3n) is 4.94. The molecule has 0 radical (unpaired) electrons. The normalized spacial score (nSPS) is 16.5. The van der Waals surface area contributed by atoms with Crippen molar-refractivity contribution in [2.45, 2.75) is 20.8 Å². The number of aromatic nitrogens is 1. The van der Waals surface area contributed by atoms with Gasteiger partial charge < -0.3 is 9.88 Å². The third kappa shape index (κ3) is 3.93. The Balaban J connectivity index is 1.66. The summed E-state index contributed by atoms with van der Waals surface area (Å²) in [6.07, 6.45) is 1.84. The Kier molecular flexibility index (Phi) is 5.54. The van der Waals surface area contributed by atoms with E-state index in [2.05, 4.69) is 10.3 Å². The van der Waals surface area contributed by atoms with E-state index in [9.17, 15) is 9.18 Å². The maximum Gasteiger partial charge on any atom is 0.264 e. The van der Waals surface area contributed by atoms with E-state index in [-0.39, 0.29) is 11.7 Å². The van der Waals surface area contributed by atoms with E-state index in [1.54, 1.807) is 12.1 Å². The highest BCUT2D eigenvalue weighted by Gasteiger charge is 2.25. The largest absolute Gasteiger partial charge is 0.318 e. The van der Waals surface area contributed by atoms with E-state index in [0.717, 1.165) is 33.9 Å². The van der Waals surface area contributed by atoms with Gasteiger partial charge >= 0.3 is 0 Å². The lowest BCUT2D eigenvalue weighted by Gasteiger charge is -2.09. The first-order chi connectivity index (χ1) is 14.3. The second-order valence-electron chi connectivity index (χ2n) is 7.01. The van der Waals surface area contributed by atoms with Crippen LogP contribution in [0.15, 0.2) is 58.4 Å². The molecule has 0 spiro atoms. The van der Waals surface area contributed by atoms with Crippen LogP contribution in [0.25, 0.3) is 11.8 Å². The topological polar surface area (TPSA) is 46.4 Å². The van der Waals surface area contributed by atoms with Crippen molar-refractivity contribution in [1.82, 2.24) is 9.88 Å². The van der Waals surface area contributed by atoms with Crippen molar-refractivity contribution in [3.05, 3.63) is 86.8 Å². The molecular weight excluding hydrogens is 421 g/mol. The van der Waals surface area contributed by atoms with Crippen molar-refractivity contribution < 1.29 is 9.18 Å². The van der Waals surface area contributed by atoms with Gasteiger partial charge in [0.1, 0.15) is 5.82 Å². The van der Waals surface area contributed by atoms with Gasteiger partial charge in [-0.1, -0.05) is 23.7 Å². The summed E-state index contributed by atoms with van der Waals surface area (Å²) in [4.78, 5) is 17.6. The van der Waals surface area contributed by atoms with Crippen LogP contribution < -0.4 is 5.32 Å². The number of thioether (sulfide) groups is 1. The minimum Gasteiger partial charge on any atom is -0.318 e. The fourth-order valence-electron chi connectivity index (χ4n) is 3.39. The smallest absolute Gasteiger partial charge is 0.264 e. The van der Waals surface area contributed by atoms with Crippen LogP contribution in [-0.4, -0.2) is 15.6 Å². The lowest BCUT2D eigenvalue weighted by atomic mass is 10.2. The molecule has 30 heavy (non-hydrogen) atoms. The number of nitrogens with zero attached hydrogens (tertiary/aromatic N) is 2. The summed E-state index contributed by atoms with van der Waals surface area (Å²) in [5.74, 6) is -0.489. The molecule has 0 unspecified atom stereocenters. The van der Waals surface area contributed by atoms with Gasteiger partial charge in [-0.25, -0.2) is 9.38 Å². The molecule has 0 saturated carbocycles. The molecule has 4 rings (SSSR count). The van der Waals surface area contributed by atoms with Crippen LogP contribution in [-0.2, 0) is 4.79 Å². The van der Waals surface area contributed by atoms with E-state index >= 15 is 0 Å². The number of nitrogens with one attached hydrogen (secondary N) is 1. The van der Waals surface area contributed by atoms with Crippen LogP contribution in [0.4, 0.5) is 10.1 Å². The van der Waals surface area contributed by atoms with Gasteiger partial charge in [0.15, 0.2) is 5.17 Å². The molecule has 152 valence electrons. The molecule has 1 aliphatic heterocycles. The van der Waals surface area contributed by atoms with Crippen LogP contribution in [0.1, 0.15) is 22.5 Å². The van der Waals surface area contributed by atoms with Gasteiger partial charge in [-0.3, -0.25) is 4.79 Å². The molecule has 1 amide bonds. The van der Waals surface area contributed by atoms with Crippen molar-refractivity contribution in [1.29, 1.82) is 0 Å². The molecule has 0 atom stereocenters. The monoisotopic (exact) mass is 439 g/mol. The highest BCUT2D eigenvalue weighted by atomic mass is 35.5. The number of aliphatic imine (C=N–C) groups is 1. The first kappa shape index (κ1) is 20.4. The molecule has 0 aliphatic carbocycles. The number of carbonyl (C=O) groups is 1. The summed E-state index contributed by atoms with van der Waals surface area (Å²) < 4.78 is 15.6. The Morgan fingerprint density at radius 2 is 1.90 bits per heavy atom. The fourth-order valence-corrected chi connectivity index (χ4v) is 4.39. The SMILES string of the molecule is Cc1c(Cl)cccc1N=C1NC(=O)/C(=C\c2cc(C)n(-c3cccc(F)c3)c2C)S1. The lowest BCUT2D eigenvalue weighted by Crippen LogP contribution is -2.19.